The summed E-state index contributed by atoms with van der Waals surface area (Å²) in [5.74, 6) is -0.660. The van der Waals surface area contributed by atoms with Gasteiger partial charge in [-0.3, -0.25) is 9.59 Å². The molecule has 0 spiro atoms. The van der Waals surface area contributed by atoms with Gasteiger partial charge < -0.3 is 9.47 Å². The Morgan fingerprint density at radius 3 is 1.48 bits per heavy atom. The average Bonchev–Trinajstić information content (AvgIpc) is 2.41. The monoisotopic (exact) mass is 328 g/mol. The molecule has 0 bridgehead atoms. The van der Waals surface area contributed by atoms with Crippen LogP contribution >= 0.6 is 0 Å². The van der Waals surface area contributed by atoms with Crippen molar-refractivity contribution in [3.63, 3.8) is 0 Å². The fraction of sp³-hybridized carbons (Fsp3) is 0.895. The zero-order chi connectivity index (χ0) is 18.4. The molecule has 0 aliphatic carbocycles. The smallest absolute Gasteiger partial charge is 0.313 e. The molecule has 0 N–H and O–H groups in total. The van der Waals surface area contributed by atoms with Gasteiger partial charge in [0.15, 0.2) is 0 Å². The zero-order valence-corrected chi connectivity index (χ0v) is 16.4. The van der Waals surface area contributed by atoms with E-state index in [2.05, 4.69) is 0 Å². The summed E-state index contributed by atoms with van der Waals surface area (Å²) in [7, 11) is 0. The van der Waals surface area contributed by atoms with Crippen molar-refractivity contribution in [1.82, 2.24) is 0 Å². The zero-order valence-electron chi connectivity index (χ0n) is 16.4. The lowest BCUT2D eigenvalue weighted by molar-refractivity contribution is -0.179. The number of rotatable bonds is 9. The second-order valence-corrected chi connectivity index (χ2v) is 7.98. The molecule has 0 aromatic rings. The number of esters is 2. The molecular formula is C19H36O4. The van der Waals surface area contributed by atoms with Crippen LogP contribution in [0, 0.1) is 35.0 Å². The van der Waals surface area contributed by atoms with Crippen LogP contribution < -0.4 is 0 Å². The first-order chi connectivity index (χ1) is 10.5. The van der Waals surface area contributed by atoms with Crippen molar-refractivity contribution in [3.05, 3.63) is 0 Å². The Morgan fingerprint density at radius 2 is 1.13 bits per heavy atom. The van der Waals surface area contributed by atoms with Crippen LogP contribution in [-0.2, 0) is 19.1 Å². The maximum absolute atomic E-state index is 12.9. The van der Waals surface area contributed by atoms with E-state index in [0.29, 0.717) is 13.2 Å². The largest absolute Gasteiger partial charge is 0.465 e. The van der Waals surface area contributed by atoms with Crippen molar-refractivity contribution in [2.45, 2.75) is 62.3 Å². The number of hydrogen-bond acceptors (Lipinski definition) is 4. The van der Waals surface area contributed by atoms with Gasteiger partial charge in [-0.15, -0.1) is 0 Å². The van der Waals surface area contributed by atoms with E-state index in [1.54, 1.807) is 6.92 Å². The Balaban J connectivity index is 5.49. The summed E-state index contributed by atoms with van der Waals surface area (Å²) in [4.78, 5) is 25.4. The highest BCUT2D eigenvalue weighted by molar-refractivity contribution is 5.85. The summed E-state index contributed by atoms with van der Waals surface area (Å²) in [5.41, 5.74) is -0.872. The highest BCUT2D eigenvalue weighted by Gasteiger charge is 2.53. The Bertz CT molecular complexity index is 375. The fourth-order valence-corrected chi connectivity index (χ4v) is 3.25. The van der Waals surface area contributed by atoms with Crippen LogP contribution in [0.15, 0.2) is 0 Å². The Morgan fingerprint density at radius 1 is 0.739 bits per heavy atom. The van der Waals surface area contributed by atoms with Crippen LogP contribution in [0.1, 0.15) is 62.3 Å². The highest BCUT2D eigenvalue weighted by atomic mass is 16.5. The predicted octanol–water partition coefficient (Wildman–Crippen LogP) is 4.32. The molecule has 0 saturated heterocycles. The van der Waals surface area contributed by atoms with Crippen molar-refractivity contribution in [2.24, 2.45) is 35.0 Å². The molecule has 23 heavy (non-hydrogen) atoms. The van der Waals surface area contributed by atoms with Crippen molar-refractivity contribution >= 4 is 11.9 Å². The van der Waals surface area contributed by atoms with Gasteiger partial charge in [0.25, 0.3) is 0 Å². The lowest BCUT2D eigenvalue weighted by Crippen LogP contribution is -2.50. The second kappa shape index (κ2) is 9.29. The molecule has 0 aliphatic rings. The number of carbonyl (C=O) groups excluding carboxylic acids is 2. The van der Waals surface area contributed by atoms with E-state index in [0.717, 1.165) is 0 Å². The molecule has 0 aromatic heterocycles. The average molecular weight is 328 g/mol. The minimum absolute atomic E-state index is 0.0243. The lowest BCUT2D eigenvalue weighted by atomic mass is 9.61. The van der Waals surface area contributed by atoms with E-state index >= 15 is 0 Å². The summed E-state index contributed by atoms with van der Waals surface area (Å²) in [6.07, 6.45) is 0. The molecule has 0 radical (unpaired) electrons. The Labute approximate surface area is 142 Å². The number of hydrogen-bond donors (Lipinski definition) is 0. The maximum atomic E-state index is 12.9. The first-order valence-corrected chi connectivity index (χ1v) is 8.81. The molecule has 1 atom stereocenters. The molecule has 0 fully saturated rings. The highest BCUT2D eigenvalue weighted by Crippen LogP contribution is 2.45. The minimum atomic E-state index is -0.872. The SMILES string of the molecule is CC(C)COC(=O)C(C)C(C(=O)OCC(C)C)(C(C)C)C(C)C. The van der Waals surface area contributed by atoms with Gasteiger partial charge in [-0.1, -0.05) is 62.3 Å². The molecule has 0 aliphatic heterocycles. The molecule has 0 heterocycles. The third-order valence-corrected chi connectivity index (χ3v) is 4.44. The molecule has 4 heteroatoms. The van der Waals surface area contributed by atoms with Crippen molar-refractivity contribution in [3.8, 4) is 0 Å². The second-order valence-electron chi connectivity index (χ2n) is 7.98. The summed E-state index contributed by atoms with van der Waals surface area (Å²) < 4.78 is 10.9. The van der Waals surface area contributed by atoms with Gasteiger partial charge in [0.1, 0.15) is 0 Å². The van der Waals surface area contributed by atoms with E-state index in [1.807, 2.05) is 55.4 Å². The van der Waals surface area contributed by atoms with E-state index in [-0.39, 0.29) is 35.6 Å². The predicted molar refractivity (Wildman–Crippen MR) is 92.9 cm³/mol. The molecule has 0 amide bonds. The lowest BCUT2D eigenvalue weighted by Gasteiger charge is -2.42. The van der Waals surface area contributed by atoms with E-state index < -0.39 is 11.3 Å². The normalized spacial score (nSPS) is 13.8. The quantitative estimate of drug-likeness (QED) is 0.592. The standard InChI is InChI=1S/C19H36O4/c1-12(2)10-22-17(20)16(9)19(14(5)6,15(7)8)18(21)23-11-13(3)4/h12-16H,10-11H2,1-9H3. The van der Waals surface area contributed by atoms with E-state index in [4.69, 9.17) is 9.47 Å². The Hall–Kier alpha value is -1.06. The third kappa shape index (κ3) is 5.50. The Kier molecular flexibility index (Phi) is 8.86. The first-order valence-electron chi connectivity index (χ1n) is 8.81. The number of ether oxygens (including phenoxy) is 2. The van der Waals surface area contributed by atoms with E-state index in [1.165, 1.54) is 0 Å². The summed E-state index contributed by atoms with van der Waals surface area (Å²) >= 11 is 0. The molecule has 1 unspecified atom stereocenters. The van der Waals surface area contributed by atoms with E-state index in [9.17, 15) is 9.59 Å². The van der Waals surface area contributed by atoms with Crippen molar-refractivity contribution in [2.75, 3.05) is 13.2 Å². The van der Waals surface area contributed by atoms with Gasteiger partial charge in [0, 0.05) is 0 Å². The van der Waals surface area contributed by atoms with Crippen LogP contribution in [0.4, 0.5) is 0 Å². The summed E-state index contributed by atoms with van der Waals surface area (Å²) in [6, 6.07) is 0. The number of carbonyl (C=O) groups is 2. The van der Waals surface area contributed by atoms with Gasteiger partial charge >= 0.3 is 11.9 Å². The molecule has 0 aromatic carbocycles. The third-order valence-electron chi connectivity index (χ3n) is 4.44. The summed E-state index contributed by atoms with van der Waals surface area (Å²) in [6.45, 7) is 18.4. The van der Waals surface area contributed by atoms with Gasteiger partial charge in [-0.05, 0) is 23.7 Å². The fourth-order valence-electron chi connectivity index (χ4n) is 3.25. The minimum Gasteiger partial charge on any atom is -0.465 e. The van der Waals surface area contributed by atoms with Gasteiger partial charge in [-0.25, -0.2) is 0 Å². The first kappa shape index (κ1) is 21.9. The molecule has 4 nitrogen and oxygen atoms in total. The van der Waals surface area contributed by atoms with Crippen LogP contribution in [0.3, 0.4) is 0 Å². The van der Waals surface area contributed by atoms with Gasteiger partial charge in [-0.2, -0.15) is 0 Å². The van der Waals surface area contributed by atoms with Crippen LogP contribution in [0.25, 0.3) is 0 Å². The van der Waals surface area contributed by atoms with Crippen LogP contribution in [0.5, 0.6) is 0 Å². The maximum Gasteiger partial charge on any atom is 0.313 e. The van der Waals surface area contributed by atoms with Crippen molar-refractivity contribution < 1.29 is 19.1 Å². The van der Waals surface area contributed by atoms with Gasteiger partial charge in [0.05, 0.1) is 24.5 Å². The topological polar surface area (TPSA) is 52.6 Å². The van der Waals surface area contributed by atoms with Gasteiger partial charge in [0.2, 0.25) is 0 Å². The van der Waals surface area contributed by atoms with Crippen molar-refractivity contribution in [1.29, 1.82) is 0 Å². The summed E-state index contributed by atoms with van der Waals surface area (Å²) in [5, 5.41) is 0. The molecular weight excluding hydrogens is 292 g/mol. The van der Waals surface area contributed by atoms with Crippen LogP contribution in [0.2, 0.25) is 0 Å². The molecule has 0 rings (SSSR count). The van der Waals surface area contributed by atoms with Crippen LogP contribution in [-0.4, -0.2) is 25.2 Å². The molecule has 0 saturated carbocycles. The molecule has 136 valence electrons.